The van der Waals surface area contributed by atoms with Gasteiger partial charge >= 0.3 is 0 Å². The fraction of sp³-hybridized carbons (Fsp3) is 0.250. The Hall–Kier alpha value is -1.58. The highest BCUT2D eigenvalue weighted by Gasteiger charge is 2.09. The number of rotatable bonds is 5. The molecule has 0 aliphatic rings. The lowest BCUT2D eigenvalue weighted by atomic mass is 10.1. The van der Waals surface area contributed by atoms with Crippen molar-refractivity contribution in [2.24, 2.45) is 0 Å². The summed E-state index contributed by atoms with van der Waals surface area (Å²) in [6, 6.07) is 10.8. The molecule has 0 unspecified atom stereocenters. The molecule has 110 valence electrons. The first kappa shape index (κ1) is 15.8. The minimum atomic E-state index is -0.184. The van der Waals surface area contributed by atoms with E-state index in [1.54, 1.807) is 18.2 Å². The summed E-state index contributed by atoms with van der Waals surface area (Å²) in [5.41, 5.74) is 2.22. The smallest absolute Gasteiger partial charge is 0.251 e. The second-order valence-corrected chi connectivity index (χ2v) is 5.49. The largest absolute Gasteiger partial charge is 0.348 e. The Morgan fingerprint density at radius 3 is 2.71 bits per heavy atom. The van der Waals surface area contributed by atoms with Crippen molar-refractivity contribution >= 4 is 29.1 Å². The average Bonchev–Trinajstić information content (AvgIpc) is 2.46. The molecule has 0 aliphatic carbocycles. The minimum Gasteiger partial charge on any atom is -0.348 e. The van der Waals surface area contributed by atoms with Crippen LogP contribution in [0, 0.1) is 0 Å². The van der Waals surface area contributed by atoms with Crippen molar-refractivity contribution in [3.05, 3.63) is 63.4 Å². The number of halogens is 2. The van der Waals surface area contributed by atoms with Gasteiger partial charge in [0.1, 0.15) is 5.15 Å². The van der Waals surface area contributed by atoms with E-state index in [0.29, 0.717) is 22.3 Å². The molecule has 0 saturated heterocycles. The van der Waals surface area contributed by atoms with Gasteiger partial charge in [-0.2, -0.15) is 0 Å². The van der Waals surface area contributed by atoms with Crippen LogP contribution in [0.4, 0.5) is 0 Å². The van der Waals surface area contributed by atoms with Gasteiger partial charge in [-0.1, -0.05) is 54.7 Å². The highest BCUT2D eigenvalue weighted by atomic mass is 35.5. The highest BCUT2D eigenvalue weighted by Crippen LogP contribution is 2.15. The topological polar surface area (TPSA) is 42.0 Å². The Kier molecular flexibility index (Phi) is 5.59. The lowest BCUT2D eigenvalue weighted by Crippen LogP contribution is -2.23. The Morgan fingerprint density at radius 1 is 1.24 bits per heavy atom. The third-order valence-electron chi connectivity index (χ3n) is 3.01. The summed E-state index contributed by atoms with van der Waals surface area (Å²) in [7, 11) is 0. The summed E-state index contributed by atoms with van der Waals surface area (Å²) in [6.45, 7) is 2.43. The first-order valence-electron chi connectivity index (χ1n) is 6.78. The van der Waals surface area contributed by atoms with E-state index >= 15 is 0 Å². The number of aromatic nitrogens is 1. The third-order valence-corrected chi connectivity index (χ3v) is 3.58. The number of nitrogens with zero attached hydrogens (tertiary/aromatic N) is 1. The summed E-state index contributed by atoms with van der Waals surface area (Å²) in [6.07, 6.45) is 1.75. The van der Waals surface area contributed by atoms with Gasteiger partial charge in [-0.15, -0.1) is 0 Å². The van der Waals surface area contributed by atoms with Gasteiger partial charge < -0.3 is 5.32 Å². The molecule has 0 bridgehead atoms. The standard InChI is InChI=1S/C16H16Cl2N2O/c1-2-5-13-8-12(9-15(18)20-13)16(21)19-10-11-6-3-4-7-14(11)17/h3-4,6-9H,2,5,10H2,1H3,(H,19,21). The Labute approximate surface area is 134 Å². The molecule has 2 aromatic rings. The van der Waals surface area contributed by atoms with Crippen LogP contribution in [0.25, 0.3) is 0 Å². The van der Waals surface area contributed by atoms with Gasteiger partial charge in [-0.05, 0) is 30.2 Å². The number of hydrogen-bond donors (Lipinski definition) is 1. The van der Waals surface area contributed by atoms with E-state index in [2.05, 4.69) is 17.2 Å². The number of aryl methyl sites for hydroxylation is 1. The Balaban J connectivity index is 2.08. The van der Waals surface area contributed by atoms with Gasteiger partial charge in [0.2, 0.25) is 0 Å². The van der Waals surface area contributed by atoms with Gasteiger partial charge in [0.25, 0.3) is 5.91 Å². The van der Waals surface area contributed by atoms with Crippen LogP contribution in [0.1, 0.15) is 35.0 Å². The number of carbonyl (C=O) groups is 1. The van der Waals surface area contributed by atoms with E-state index in [1.807, 2.05) is 18.2 Å². The van der Waals surface area contributed by atoms with Crippen LogP contribution in [0.2, 0.25) is 10.2 Å². The van der Waals surface area contributed by atoms with Gasteiger partial charge in [0, 0.05) is 22.8 Å². The molecule has 0 aliphatic heterocycles. The lowest BCUT2D eigenvalue weighted by molar-refractivity contribution is 0.0950. The lowest BCUT2D eigenvalue weighted by Gasteiger charge is -2.08. The molecule has 0 radical (unpaired) electrons. The van der Waals surface area contributed by atoms with Crippen molar-refractivity contribution < 1.29 is 4.79 Å². The number of hydrogen-bond acceptors (Lipinski definition) is 2. The molecule has 2 rings (SSSR count). The number of amides is 1. The molecule has 5 heteroatoms. The maximum Gasteiger partial charge on any atom is 0.251 e. The van der Waals surface area contributed by atoms with Crippen molar-refractivity contribution in [3.63, 3.8) is 0 Å². The molecule has 21 heavy (non-hydrogen) atoms. The van der Waals surface area contributed by atoms with E-state index in [0.717, 1.165) is 24.1 Å². The van der Waals surface area contributed by atoms with Crippen LogP contribution in [0.15, 0.2) is 36.4 Å². The van der Waals surface area contributed by atoms with Crippen LogP contribution >= 0.6 is 23.2 Å². The molecule has 1 aromatic heterocycles. The summed E-state index contributed by atoms with van der Waals surface area (Å²) in [4.78, 5) is 16.4. The number of pyridine rings is 1. The van der Waals surface area contributed by atoms with E-state index in [-0.39, 0.29) is 5.91 Å². The zero-order valence-corrected chi connectivity index (χ0v) is 13.2. The molecule has 0 fully saturated rings. The predicted octanol–water partition coefficient (Wildman–Crippen LogP) is 4.27. The molecule has 3 nitrogen and oxygen atoms in total. The maximum atomic E-state index is 12.2. The predicted molar refractivity (Wildman–Crippen MR) is 85.9 cm³/mol. The number of nitrogens with one attached hydrogen (secondary N) is 1. The zero-order chi connectivity index (χ0) is 15.2. The van der Waals surface area contributed by atoms with Gasteiger partial charge in [0.05, 0.1) is 0 Å². The van der Waals surface area contributed by atoms with Crippen LogP contribution in [-0.4, -0.2) is 10.9 Å². The van der Waals surface area contributed by atoms with Crippen molar-refractivity contribution in [2.45, 2.75) is 26.3 Å². The summed E-state index contributed by atoms with van der Waals surface area (Å²) in [5, 5.41) is 3.82. The average molecular weight is 323 g/mol. The summed E-state index contributed by atoms with van der Waals surface area (Å²) >= 11 is 12.0. The second kappa shape index (κ2) is 7.43. The van der Waals surface area contributed by atoms with E-state index in [9.17, 15) is 4.79 Å². The molecule has 1 N–H and O–H groups in total. The fourth-order valence-corrected chi connectivity index (χ4v) is 2.41. The molecular formula is C16H16Cl2N2O. The molecule has 1 aromatic carbocycles. The van der Waals surface area contributed by atoms with E-state index < -0.39 is 0 Å². The molecule has 1 heterocycles. The SMILES string of the molecule is CCCc1cc(C(=O)NCc2ccccc2Cl)cc(Cl)n1. The number of carbonyl (C=O) groups excluding carboxylic acids is 1. The summed E-state index contributed by atoms with van der Waals surface area (Å²) in [5.74, 6) is -0.184. The van der Waals surface area contributed by atoms with Crippen molar-refractivity contribution in [1.82, 2.24) is 10.3 Å². The Bertz CT molecular complexity index is 644. The number of benzene rings is 1. The monoisotopic (exact) mass is 322 g/mol. The van der Waals surface area contributed by atoms with Crippen LogP contribution in [0.3, 0.4) is 0 Å². The first-order chi connectivity index (χ1) is 10.1. The van der Waals surface area contributed by atoms with Crippen LogP contribution < -0.4 is 5.32 Å². The maximum absolute atomic E-state index is 12.2. The van der Waals surface area contributed by atoms with Crippen molar-refractivity contribution in [2.75, 3.05) is 0 Å². The Morgan fingerprint density at radius 2 is 2.00 bits per heavy atom. The van der Waals surface area contributed by atoms with Crippen molar-refractivity contribution in [1.29, 1.82) is 0 Å². The van der Waals surface area contributed by atoms with Gasteiger partial charge in [-0.3, -0.25) is 4.79 Å². The second-order valence-electron chi connectivity index (χ2n) is 4.69. The normalized spacial score (nSPS) is 10.4. The summed E-state index contributed by atoms with van der Waals surface area (Å²) < 4.78 is 0. The molecule has 0 spiro atoms. The highest BCUT2D eigenvalue weighted by molar-refractivity contribution is 6.31. The van der Waals surface area contributed by atoms with Crippen LogP contribution in [-0.2, 0) is 13.0 Å². The van der Waals surface area contributed by atoms with Gasteiger partial charge in [-0.25, -0.2) is 4.98 Å². The third kappa shape index (κ3) is 4.45. The van der Waals surface area contributed by atoms with Gasteiger partial charge in [0.15, 0.2) is 0 Å². The molecular weight excluding hydrogens is 307 g/mol. The molecule has 1 amide bonds. The first-order valence-corrected chi connectivity index (χ1v) is 7.54. The van der Waals surface area contributed by atoms with E-state index in [1.165, 1.54) is 0 Å². The minimum absolute atomic E-state index is 0.184. The van der Waals surface area contributed by atoms with Crippen LogP contribution in [0.5, 0.6) is 0 Å². The molecule has 0 atom stereocenters. The zero-order valence-electron chi connectivity index (χ0n) is 11.7. The van der Waals surface area contributed by atoms with Crippen molar-refractivity contribution in [3.8, 4) is 0 Å². The van der Waals surface area contributed by atoms with E-state index in [4.69, 9.17) is 23.2 Å². The fourth-order valence-electron chi connectivity index (χ4n) is 1.99. The molecule has 0 saturated carbocycles. The quantitative estimate of drug-likeness (QED) is 0.835.